The van der Waals surface area contributed by atoms with E-state index in [1.165, 1.54) is 11.0 Å². The second-order valence-corrected chi connectivity index (χ2v) is 3.73. The summed E-state index contributed by atoms with van der Waals surface area (Å²) in [5.41, 5.74) is 5.00. The molecule has 1 heterocycles. The van der Waals surface area contributed by atoms with E-state index >= 15 is 0 Å². The number of carbonyl (C=O) groups is 1. The van der Waals surface area contributed by atoms with Crippen LogP contribution in [0.2, 0.25) is 0 Å². The van der Waals surface area contributed by atoms with Gasteiger partial charge in [0.05, 0.1) is 5.56 Å². The van der Waals surface area contributed by atoms with E-state index in [1.54, 1.807) is 7.05 Å². The van der Waals surface area contributed by atoms with Gasteiger partial charge in [0.25, 0.3) is 0 Å². The highest BCUT2D eigenvalue weighted by Gasteiger charge is 2.16. The van der Waals surface area contributed by atoms with Gasteiger partial charge in [0.1, 0.15) is 6.33 Å². The number of rotatable bonds is 3. The van der Waals surface area contributed by atoms with Crippen LogP contribution >= 0.6 is 0 Å². The molecule has 1 aromatic heterocycles. The fraction of sp³-hybridized carbons (Fsp3) is 0.182. The standard InChI is InChI=1S/C11H10F2N4O2/c1-17-10(15-5-16-17)4-19-11(18)6-2-7(12)8(13)3-9(6)14/h2-3,5H,4,14H2,1H3. The Morgan fingerprint density at radius 3 is 2.74 bits per heavy atom. The van der Waals surface area contributed by atoms with Gasteiger partial charge < -0.3 is 10.5 Å². The van der Waals surface area contributed by atoms with Crippen molar-refractivity contribution in [2.45, 2.75) is 6.61 Å². The zero-order valence-electron chi connectivity index (χ0n) is 9.93. The summed E-state index contributed by atoms with van der Waals surface area (Å²) in [6.45, 7) is -0.145. The molecule has 0 spiro atoms. The number of nitrogens with two attached hydrogens (primary N) is 1. The molecule has 2 rings (SSSR count). The van der Waals surface area contributed by atoms with E-state index < -0.39 is 17.6 Å². The topological polar surface area (TPSA) is 83.0 Å². The molecular weight excluding hydrogens is 258 g/mol. The summed E-state index contributed by atoms with van der Waals surface area (Å²) < 4.78 is 32.2. The van der Waals surface area contributed by atoms with E-state index in [-0.39, 0.29) is 17.9 Å². The molecule has 2 aromatic rings. The molecule has 0 atom stereocenters. The first-order valence-electron chi connectivity index (χ1n) is 5.23. The molecule has 0 unspecified atom stereocenters. The van der Waals surface area contributed by atoms with Gasteiger partial charge in [-0.2, -0.15) is 5.10 Å². The van der Waals surface area contributed by atoms with Crippen LogP contribution in [-0.4, -0.2) is 20.7 Å². The van der Waals surface area contributed by atoms with Crippen LogP contribution in [0.25, 0.3) is 0 Å². The molecule has 0 saturated carbocycles. The Morgan fingerprint density at radius 1 is 1.42 bits per heavy atom. The average Bonchev–Trinajstić information content (AvgIpc) is 2.76. The number of nitrogen functional groups attached to an aromatic ring is 1. The second-order valence-electron chi connectivity index (χ2n) is 3.73. The fourth-order valence-corrected chi connectivity index (χ4v) is 1.40. The summed E-state index contributed by atoms with van der Waals surface area (Å²) >= 11 is 0. The molecule has 8 heteroatoms. The predicted molar refractivity (Wildman–Crippen MR) is 60.9 cm³/mol. The van der Waals surface area contributed by atoms with Gasteiger partial charge in [0.15, 0.2) is 24.1 Å². The van der Waals surface area contributed by atoms with Crippen LogP contribution in [0.3, 0.4) is 0 Å². The van der Waals surface area contributed by atoms with Crippen LogP contribution in [-0.2, 0) is 18.4 Å². The minimum Gasteiger partial charge on any atom is -0.454 e. The summed E-state index contributed by atoms with van der Waals surface area (Å²) in [6, 6.07) is 1.43. The lowest BCUT2D eigenvalue weighted by molar-refractivity contribution is 0.0458. The second kappa shape index (κ2) is 5.01. The summed E-state index contributed by atoms with van der Waals surface area (Å²) in [6.07, 6.45) is 1.30. The van der Waals surface area contributed by atoms with Gasteiger partial charge in [-0.15, -0.1) is 0 Å². The lowest BCUT2D eigenvalue weighted by Gasteiger charge is -2.07. The molecule has 0 aliphatic rings. The van der Waals surface area contributed by atoms with Crippen molar-refractivity contribution in [1.82, 2.24) is 14.8 Å². The Bertz CT molecular complexity index is 627. The number of anilines is 1. The van der Waals surface area contributed by atoms with Crippen molar-refractivity contribution >= 4 is 11.7 Å². The molecule has 0 saturated heterocycles. The van der Waals surface area contributed by atoms with Crippen molar-refractivity contribution in [2.24, 2.45) is 7.05 Å². The maximum atomic E-state index is 13.0. The van der Waals surface area contributed by atoms with Crippen LogP contribution in [0.4, 0.5) is 14.5 Å². The zero-order valence-corrected chi connectivity index (χ0v) is 9.93. The van der Waals surface area contributed by atoms with Crippen molar-refractivity contribution in [3.63, 3.8) is 0 Å². The maximum Gasteiger partial charge on any atom is 0.340 e. The molecule has 6 nitrogen and oxygen atoms in total. The Morgan fingerprint density at radius 2 is 2.11 bits per heavy atom. The third kappa shape index (κ3) is 2.67. The van der Waals surface area contributed by atoms with E-state index in [2.05, 4.69) is 10.1 Å². The highest BCUT2D eigenvalue weighted by molar-refractivity contribution is 5.95. The van der Waals surface area contributed by atoms with E-state index in [0.29, 0.717) is 11.9 Å². The van der Waals surface area contributed by atoms with Crippen LogP contribution in [0.1, 0.15) is 16.2 Å². The number of hydrogen-bond acceptors (Lipinski definition) is 5. The fourth-order valence-electron chi connectivity index (χ4n) is 1.40. The van der Waals surface area contributed by atoms with Crippen LogP contribution in [0, 0.1) is 11.6 Å². The van der Waals surface area contributed by atoms with Crippen molar-refractivity contribution in [3.8, 4) is 0 Å². The summed E-state index contributed by atoms with van der Waals surface area (Å²) in [5, 5.41) is 3.79. The summed E-state index contributed by atoms with van der Waals surface area (Å²) in [4.78, 5) is 15.5. The van der Waals surface area contributed by atoms with Gasteiger partial charge >= 0.3 is 5.97 Å². The zero-order chi connectivity index (χ0) is 14.0. The lowest BCUT2D eigenvalue weighted by Crippen LogP contribution is -2.11. The number of aromatic nitrogens is 3. The van der Waals surface area contributed by atoms with Crippen LogP contribution in [0.5, 0.6) is 0 Å². The number of halogens is 2. The van der Waals surface area contributed by atoms with Gasteiger partial charge in [0.2, 0.25) is 0 Å². The highest BCUT2D eigenvalue weighted by atomic mass is 19.2. The highest BCUT2D eigenvalue weighted by Crippen LogP contribution is 2.18. The van der Waals surface area contributed by atoms with E-state index in [0.717, 1.165) is 6.07 Å². The third-order valence-electron chi connectivity index (χ3n) is 2.45. The Hall–Kier alpha value is -2.51. The van der Waals surface area contributed by atoms with Crippen LogP contribution in [0.15, 0.2) is 18.5 Å². The molecule has 100 valence electrons. The van der Waals surface area contributed by atoms with Gasteiger partial charge in [0, 0.05) is 18.8 Å². The number of benzene rings is 1. The number of carbonyl (C=O) groups excluding carboxylic acids is 1. The van der Waals surface area contributed by atoms with Gasteiger partial charge in [-0.05, 0) is 6.07 Å². The Balaban J connectivity index is 2.12. The molecule has 2 N–H and O–H groups in total. The SMILES string of the molecule is Cn1ncnc1COC(=O)c1cc(F)c(F)cc1N. The molecular formula is C11H10F2N4O2. The summed E-state index contributed by atoms with van der Waals surface area (Å²) in [5.74, 6) is -2.74. The number of nitrogens with zero attached hydrogens (tertiary/aromatic N) is 3. The molecule has 0 radical (unpaired) electrons. The van der Waals surface area contributed by atoms with Crippen molar-refractivity contribution < 1.29 is 18.3 Å². The molecule has 0 aliphatic heterocycles. The van der Waals surface area contributed by atoms with E-state index in [9.17, 15) is 13.6 Å². The predicted octanol–water partition coefficient (Wildman–Crippen LogP) is 1.03. The Labute approximate surface area is 106 Å². The summed E-state index contributed by atoms with van der Waals surface area (Å²) in [7, 11) is 1.63. The Kier molecular flexibility index (Phi) is 3.41. The molecule has 19 heavy (non-hydrogen) atoms. The molecule has 0 amide bonds. The normalized spacial score (nSPS) is 10.5. The molecule has 1 aromatic carbocycles. The van der Waals surface area contributed by atoms with Gasteiger partial charge in [-0.3, -0.25) is 4.68 Å². The third-order valence-corrected chi connectivity index (χ3v) is 2.45. The number of ether oxygens (including phenoxy) is 1. The average molecular weight is 268 g/mol. The minimum atomic E-state index is -1.17. The van der Waals surface area contributed by atoms with E-state index in [1.807, 2.05) is 0 Å². The maximum absolute atomic E-state index is 13.0. The first-order chi connectivity index (χ1) is 8.99. The number of hydrogen-bond donors (Lipinski definition) is 1. The first-order valence-corrected chi connectivity index (χ1v) is 5.23. The smallest absolute Gasteiger partial charge is 0.340 e. The number of esters is 1. The van der Waals surface area contributed by atoms with Crippen LogP contribution < -0.4 is 5.73 Å². The van der Waals surface area contributed by atoms with E-state index in [4.69, 9.17) is 10.5 Å². The quantitative estimate of drug-likeness (QED) is 0.664. The lowest BCUT2D eigenvalue weighted by atomic mass is 10.1. The van der Waals surface area contributed by atoms with Crippen molar-refractivity contribution in [2.75, 3.05) is 5.73 Å². The minimum absolute atomic E-state index is 0.145. The largest absolute Gasteiger partial charge is 0.454 e. The van der Waals surface area contributed by atoms with Gasteiger partial charge in [-0.25, -0.2) is 18.6 Å². The first kappa shape index (κ1) is 12.9. The molecule has 0 fully saturated rings. The van der Waals surface area contributed by atoms with Crippen molar-refractivity contribution in [1.29, 1.82) is 0 Å². The van der Waals surface area contributed by atoms with Gasteiger partial charge in [-0.1, -0.05) is 0 Å². The monoisotopic (exact) mass is 268 g/mol. The van der Waals surface area contributed by atoms with Crippen molar-refractivity contribution in [3.05, 3.63) is 41.5 Å². The molecule has 0 bridgehead atoms. The number of aryl methyl sites for hydroxylation is 1. The molecule has 0 aliphatic carbocycles.